The van der Waals surface area contributed by atoms with Crippen molar-refractivity contribution in [2.24, 2.45) is 0 Å². The number of ether oxygens (including phenoxy) is 1. The average molecular weight is 335 g/mol. The van der Waals surface area contributed by atoms with Crippen molar-refractivity contribution in [1.29, 1.82) is 0 Å². The standard InChI is InChI=1S/C17H16BrFO/c1-17(2)10-20-15-8-7-11(9-13(15)17)16(18)12-5-3-4-6-14(12)19/h3-9,16H,10H2,1-2H3. The Labute approximate surface area is 126 Å². The van der Waals surface area contributed by atoms with Gasteiger partial charge in [-0.05, 0) is 23.8 Å². The molecule has 1 heterocycles. The number of rotatable bonds is 2. The van der Waals surface area contributed by atoms with Gasteiger partial charge in [-0.25, -0.2) is 4.39 Å². The zero-order chi connectivity index (χ0) is 14.3. The Kier molecular flexibility index (Phi) is 3.33. The molecule has 104 valence electrons. The molecule has 2 aromatic rings. The average Bonchev–Trinajstić information content (AvgIpc) is 2.74. The minimum absolute atomic E-state index is 0.00724. The summed E-state index contributed by atoms with van der Waals surface area (Å²) >= 11 is 3.61. The van der Waals surface area contributed by atoms with E-state index in [1.165, 1.54) is 11.6 Å². The van der Waals surface area contributed by atoms with Crippen molar-refractivity contribution < 1.29 is 9.13 Å². The highest BCUT2D eigenvalue weighted by atomic mass is 79.9. The second kappa shape index (κ2) is 4.88. The lowest BCUT2D eigenvalue weighted by Crippen LogP contribution is -2.18. The Morgan fingerprint density at radius 2 is 1.95 bits per heavy atom. The molecule has 3 rings (SSSR count). The highest BCUT2D eigenvalue weighted by Gasteiger charge is 2.32. The van der Waals surface area contributed by atoms with Gasteiger partial charge in [0.15, 0.2) is 0 Å². The Balaban J connectivity index is 2.02. The maximum Gasteiger partial charge on any atom is 0.127 e. The van der Waals surface area contributed by atoms with Crippen molar-refractivity contribution in [3.8, 4) is 5.75 Å². The lowest BCUT2D eigenvalue weighted by atomic mass is 9.85. The summed E-state index contributed by atoms with van der Waals surface area (Å²) < 4.78 is 19.6. The van der Waals surface area contributed by atoms with E-state index >= 15 is 0 Å². The summed E-state index contributed by atoms with van der Waals surface area (Å²) in [6, 6.07) is 13.0. The van der Waals surface area contributed by atoms with Gasteiger partial charge in [-0.2, -0.15) is 0 Å². The molecule has 1 atom stereocenters. The van der Waals surface area contributed by atoms with Crippen LogP contribution in [0, 0.1) is 5.82 Å². The van der Waals surface area contributed by atoms with Gasteiger partial charge in [0.25, 0.3) is 0 Å². The second-order valence-electron chi connectivity index (χ2n) is 5.81. The Morgan fingerprint density at radius 1 is 1.20 bits per heavy atom. The van der Waals surface area contributed by atoms with Gasteiger partial charge in [0.1, 0.15) is 11.6 Å². The number of hydrogen-bond donors (Lipinski definition) is 0. The fourth-order valence-corrected chi connectivity index (χ4v) is 3.21. The fraction of sp³-hybridized carbons (Fsp3) is 0.294. The third kappa shape index (κ3) is 2.24. The van der Waals surface area contributed by atoms with E-state index < -0.39 is 0 Å². The van der Waals surface area contributed by atoms with E-state index in [0.717, 1.165) is 11.3 Å². The van der Waals surface area contributed by atoms with Crippen LogP contribution < -0.4 is 4.74 Å². The molecule has 0 radical (unpaired) electrons. The first-order valence-corrected chi connectivity index (χ1v) is 7.56. The number of halogens is 2. The topological polar surface area (TPSA) is 9.23 Å². The van der Waals surface area contributed by atoms with E-state index in [0.29, 0.717) is 12.2 Å². The fourth-order valence-electron chi connectivity index (χ4n) is 2.56. The third-order valence-electron chi connectivity index (χ3n) is 3.79. The van der Waals surface area contributed by atoms with Gasteiger partial charge in [-0.15, -0.1) is 0 Å². The first-order valence-electron chi connectivity index (χ1n) is 6.65. The molecule has 0 amide bonds. The molecule has 1 aliphatic rings. The van der Waals surface area contributed by atoms with Crippen molar-refractivity contribution in [3.05, 3.63) is 65.0 Å². The minimum Gasteiger partial charge on any atom is -0.492 e. The molecule has 20 heavy (non-hydrogen) atoms. The van der Waals surface area contributed by atoms with Crippen LogP contribution in [0.15, 0.2) is 42.5 Å². The summed E-state index contributed by atoms with van der Waals surface area (Å²) in [5.41, 5.74) is 2.90. The predicted molar refractivity (Wildman–Crippen MR) is 82.1 cm³/mol. The van der Waals surface area contributed by atoms with Gasteiger partial charge in [-0.3, -0.25) is 0 Å². The molecular formula is C17H16BrFO. The van der Waals surface area contributed by atoms with Gasteiger partial charge in [-0.1, -0.05) is 54.0 Å². The first-order chi connectivity index (χ1) is 9.49. The maximum absolute atomic E-state index is 13.9. The number of benzene rings is 2. The van der Waals surface area contributed by atoms with Crippen LogP contribution in [0.4, 0.5) is 4.39 Å². The van der Waals surface area contributed by atoms with E-state index in [4.69, 9.17) is 4.74 Å². The summed E-state index contributed by atoms with van der Waals surface area (Å²) in [4.78, 5) is -0.148. The second-order valence-corrected chi connectivity index (χ2v) is 6.73. The summed E-state index contributed by atoms with van der Waals surface area (Å²) in [6.45, 7) is 5.02. The van der Waals surface area contributed by atoms with Crippen LogP contribution >= 0.6 is 15.9 Å². The summed E-state index contributed by atoms with van der Waals surface area (Å²) in [5, 5.41) is 0. The smallest absolute Gasteiger partial charge is 0.127 e. The molecule has 1 nitrogen and oxygen atoms in total. The highest BCUT2D eigenvalue weighted by Crippen LogP contribution is 2.42. The van der Waals surface area contributed by atoms with E-state index in [1.54, 1.807) is 6.07 Å². The highest BCUT2D eigenvalue weighted by molar-refractivity contribution is 9.09. The molecule has 1 aliphatic heterocycles. The minimum atomic E-state index is -0.189. The molecule has 0 N–H and O–H groups in total. The maximum atomic E-state index is 13.9. The summed E-state index contributed by atoms with van der Waals surface area (Å²) in [7, 11) is 0. The van der Waals surface area contributed by atoms with Crippen LogP contribution in [0.5, 0.6) is 5.75 Å². The Morgan fingerprint density at radius 3 is 2.70 bits per heavy atom. The third-order valence-corrected chi connectivity index (χ3v) is 4.81. The molecule has 0 bridgehead atoms. The monoisotopic (exact) mass is 334 g/mol. The van der Waals surface area contributed by atoms with E-state index in [2.05, 4.69) is 35.8 Å². The molecule has 3 heteroatoms. The summed E-state index contributed by atoms with van der Waals surface area (Å²) in [5.74, 6) is 0.748. The molecule has 0 aliphatic carbocycles. The van der Waals surface area contributed by atoms with Gasteiger partial charge in [0.2, 0.25) is 0 Å². The lowest BCUT2D eigenvalue weighted by Gasteiger charge is -2.18. The molecule has 0 aromatic heterocycles. The number of fused-ring (bicyclic) bond motifs is 1. The van der Waals surface area contributed by atoms with Crippen molar-refractivity contribution in [2.75, 3.05) is 6.61 Å². The number of hydrogen-bond acceptors (Lipinski definition) is 1. The quantitative estimate of drug-likeness (QED) is 0.704. The van der Waals surface area contributed by atoms with Crippen molar-refractivity contribution in [3.63, 3.8) is 0 Å². The van der Waals surface area contributed by atoms with Gasteiger partial charge < -0.3 is 4.74 Å². The van der Waals surface area contributed by atoms with Crippen LogP contribution in [-0.2, 0) is 5.41 Å². The van der Waals surface area contributed by atoms with Crippen molar-refractivity contribution in [2.45, 2.75) is 24.1 Å². The molecule has 0 saturated carbocycles. The zero-order valence-electron chi connectivity index (χ0n) is 11.5. The van der Waals surface area contributed by atoms with Crippen LogP contribution in [0.3, 0.4) is 0 Å². The normalized spacial score (nSPS) is 17.4. The molecule has 0 spiro atoms. The predicted octanol–water partition coefficient (Wildman–Crippen LogP) is 4.98. The molecule has 0 fully saturated rings. The van der Waals surface area contributed by atoms with Gasteiger partial charge in [0, 0.05) is 16.5 Å². The van der Waals surface area contributed by atoms with Crippen molar-refractivity contribution in [1.82, 2.24) is 0 Å². The molecule has 2 aromatic carbocycles. The largest absolute Gasteiger partial charge is 0.492 e. The van der Waals surface area contributed by atoms with Gasteiger partial charge >= 0.3 is 0 Å². The first kappa shape index (κ1) is 13.6. The van der Waals surface area contributed by atoms with Crippen LogP contribution in [0.1, 0.15) is 35.4 Å². The van der Waals surface area contributed by atoms with Crippen molar-refractivity contribution >= 4 is 15.9 Å². The van der Waals surface area contributed by atoms with Crippen LogP contribution in [0.2, 0.25) is 0 Å². The van der Waals surface area contributed by atoms with Crippen LogP contribution in [-0.4, -0.2) is 6.61 Å². The van der Waals surface area contributed by atoms with E-state index in [-0.39, 0.29) is 16.1 Å². The number of alkyl halides is 1. The zero-order valence-corrected chi connectivity index (χ0v) is 13.1. The van der Waals surface area contributed by atoms with E-state index in [1.807, 2.05) is 24.3 Å². The SMILES string of the molecule is CC1(C)COc2ccc(C(Br)c3ccccc3F)cc21. The lowest BCUT2D eigenvalue weighted by molar-refractivity contribution is 0.291. The van der Waals surface area contributed by atoms with E-state index in [9.17, 15) is 4.39 Å². The molecular weight excluding hydrogens is 319 g/mol. The molecule has 0 saturated heterocycles. The molecule has 1 unspecified atom stereocenters. The summed E-state index contributed by atoms with van der Waals surface area (Å²) in [6.07, 6.45) is 0. The Bertz CT molecular complexity index is 651. The van der Waals surface area contributed by atoms with Crippen LogP contribution in [0.25, 0.3) is 0 Å². The Hall–Kier alpha value is -1.35. The van der Waals surface area contributed by atoms with Gasteiger partial charge in [0.05, 0.1) is 11.4 Å².